The molecular weight excluding hydrogens is 861 g/mol. The lowest BCUT2D eigenvalue weighted by molar-refractivity contribution is 0.148. The first-order chi connectivity index (χ1) is 33.1. The van der Waals surface area contributed by atoms with Gasteiger partial charge in [-0.1, -0.05) is 103 Å². The van der Waals surface area contributed by atoms with E-state index in [9.17, 15) is 14.4 Å². The maximum absolute atomic E-state index is 14.5. The minimum atomic E-state index is -0.371. The van der Waals surface area contributed by atoms with Gasteiger partial charge in [-0.15, -0.1) is 0 Å². The molecule has 14 N–H and O–H groups in total. The molecule has 68 heavy (non-hydrogen) atoms. The zero-order valence-electron chi connectivity index (χ0n) is 42.7. The summed E-state index contributed by atoms with van der Waals surface area (Å²) in [6, 6.07) is -0.542. The maximum atomic E-state index is 14.5. The predicted molar refractivity (Wildman–Crippen MR) is 282 cm³/mol. The Labute approximate surface area is 410 Å². The largest absolute Gasteiger partial charge is 0.370 e. The van der Waals surface area contributed by atoms with Crippen LogP contribution >= 0.6 is 0 Å². The highest BCUT2D eigenvalue weighted by Gasteiger charge is 2.22. The molecule has 392 valence electrons. The number of carbonyl (C=O) groups is 3. The molecule has 19 nitrogen and oxygen atoms in total. The van der Waals surface area contributed by atoms with Crippen molar-refractivity contribution in [1.29, 1.82) is 0 Å². The third-order valence-corrected chi connectivity index (χ3v) is 12.5. The topological polar surface area (TPSA) is 283 Å². The Balaban J connectivity index is 1.86. The quantitative estimate of drug-likeness (QED) is 0.0190. The fraction of sp³-hybridized carbons (Fsp3) is 0.857. The first-order valence-corrected chi connectivity index (χ1v) is 26.8. The van der Waals surface area contributed by atoms with Gasteiger partial charge in [-0.2, -0.15) is 0 Å². The summed E-state index contributed by atoms with van der Waals surface area (Å²) in [5.41, 5.74) is 23.6. The summed E-state index contributed by atoms with van der Waals surface area (Å²) in [6.45, 7) is 7.77. The van der Waals surface area contributed by atoms with Crippen molar-refractivity contribution in [2.75, 3.05) is 79.5 Å². The Morgan fingerprint density at radius 3 is 1.01 bits per heavy atom. The van der Waals surface area contributed by atoms with Crippen molar-refractivity contribution in [3.63, 3.8) is 0 Å². The third-order valence-electron chi connectivity index (χ3n) is 12.5. The summed E-state index contributed by atoms with van der Waals surface area (Å²) in [5.74, 6) is 2.92. The van der Waals surface area contributed by atoms with Crippen molar-refractivity contribution in [3.8, 4) is 0 Å². The van der Waals surface area contributed by atoms with Crippen LogP contribution in [0.3, 0.4) is 0 Å². The minimum Gasteiger partial charge on any atom is -0.370 e. The van der Waals surface area contributed by atoms with E-state index in [1.165, 1.54) is 65.5 Å². The van der Waals surface area contributed by atoms with Gasteiger partial charge >= 0.3 is 18.1 Å². The van der Waals surface area contributed by atoms with Gasteiger partial charge in [-0.3, -0.25) is 30.6 Å². The van der Waals surface area contributed by atoms with Gasteiger partial charge in [0.15, 0.2) is 23.8 Å². The van der Waals surface area contributed by atoms with Crippen LogP contribution in [-0.2, 0) is 0 Å². The third kappa shape index (κ3) is 35.4. The molecule has 0 bridgehead atoms. The van der Waals surface area contributed by atoms with Crippen LogP contribution in [0.4, 0.5) is 14.4 Å². The molecule has 0 aromatic carbocycles. The molecule has 0 atom stereocenters. The number of carbonyl (C=O) groups excluding carboxylic acids is 3. The van der Waals surface area contributed by atoms with Gasteiger partial charge in [0.25, 0.3) is 0 Å². The molecular formula is C49H98N16O3. The maximum Gasteiger partial charge on any atom is 0.321 e. The Bertz CT molecular complexity index is 1350. The number of amides is 6. The van der Waals surface area contributed by atoms with E-state index in [2.05, 4.69) is 61.7 Å². The molecule has 0 aromatic heterocycles. The van der Waals surface area contributed by atoms with E-state index in [4.69, 9.17) is 22.9 Å². The molecule has 0 heterocycles. The van der Waals surface area contributed by atoms with Crippen LogP contribution in [0.5, 0.6) is 0 Å². The molecule has 0 spiro atoms. The van der Waals surface area contributed by atoms with Crippen LogP contribution in [0, 0.1) is 11.8 Å². The van der Waals surface area contributed by atoms with Crippen LogP contribution < -0.4 is 54.8 Å². The van der Waals surface area contributed by atoms with Crippen molar-refractivity contribution in [2.45, 2.75) is 180 Å². The summed E-state index contributed by atoms with van der Waals surface area (Å²) in [4.78, 5) is 59.0. The van der Waals surface area contributed by atoms with E-state index < -0.39 is 0 Å². The monoisotopic (exact) mass is 959 g/mol. The minimum absolute atomic E-state index is 0.137. The SMILES string of the molecule is CNC(=O)NC(N)=NCCCCCCCCN(CCCCCCCCN=C(N)NC(=O)NC)C(=O)N(CCCCCCCCNC(N)=NCC1CC1)CCCCCCCCNC(N)=NCC1CC1. The molecule has 0 aliphatic heterocycles. The average Bonchev–Trinajstić information content (AvgIpc) is 4.28. The standard InChI is InChI=1S/C49H98N16O3/c1-54-47(66)62-45(52)58-33-21-13-5-9-17-25-37-65(38-26-18-10-6-14-22-34-59-46(53)63-48(67)55-2)49(68)64(35-23-15-7-3-11-19-31-56-43(50)60-39-41-27-28-41)36-24-16-8-4-12-20-32-57-44(51)61-40-42-29-30-42/h41-42H,3-40H2,1-2H3,(H3,50,56,60)(H3,51,57,61)(H4,52,54,58,62,66)(H4,53,55,59,63,67). The Hall–Kier alpha value is -4.71. The number of nitrogens with two attached hydrogens (primary N) is 4. The second-order valence-corrected chi connectivity index (χ2v) is 18.9. The molecule has 19 heteroatoms. The lowest BCUT2D eigenvalue weighted by Gasteiger charge is -2.31. The van der Waals surface area contributed by atoms with Gasteiger partial charge in [0, 0.05) is 79.5 Å². The lowest BCUT2D eigenvalue weighted by atomic mass is 10.1. The van der Waals surface area contributed by atoms with Crippen molar-refractivity contribution < 1.29 is 14.4 Å². The van der Waals surface area contributed by atoms with Gasteiger partial charge in [-0.05, 0) is 88.9 Å². The van der Waals surface area contributed by atoms with Crippen molar-refractivity contribution >= 4 is 41.9 Å². The lowest BCUT2D eigenvalue weighted by Crippen LogP contribution is -2.45. The molecule has 2 saturated carbocycles. The number of nitrogens with zero attached hydrogens (tertiary/aromatic N) is 6. The number of urea groups is 3. The number of nitrogens with one attached hydrogen (secondary N) is 6. The molecule has 0 unspecified atom stereocenters. The summed E-state index contributed by atoms with van der Waals surface area (Å²) in [6.07, 6.45) is 31.0. The fourth-order valence-electron chi connectivity index (χ4n) is 7.76. The molecule has 2 fully saturated rings. The highest BCUT2D eigenvalue weighted by atomic mass is 16.2. The Kier molecular flexibility index (Phi) is 35.1. The van der Waals surface area contributed by atoms with Crippen LogP contribution in [0.15, 0.2) is 20.0 Å². The van der Waals surface area contributed by atoms with E-state index in [1.54, 1.807) is 0 Å². The van der Waals surface area contributed by atoms with Gasteiger partial charge in [0.1, 0.15) is 0 Å². The van der Waals surface area contributed by atoms with Crippen molar-refractivity contribution in [1.82, 2.24) is 41.7 Å². The molecule has 2 rings (SSSR count). The second-order valence-electron chi connectivity index (χ2n) is 18.9. The zero-order valence-corrected chi connectivity index (χ0v) is 42.7. The second kappa shape index (κ2) is 40.2. The molecule has 0 radical (unpaired) electrons. The number of guanidine groups is 4. The van der Waals surface area contributed by atoms with Gasteiger partial charge < -0.3 is 54.0 Å². The number of hydrogen-bond acceptors (Lipinski definition) is 7. The van der Waals surface area contributed by atoms with Crippen molar-refractivity contribution in [3.05, 3.63) is 0 Å². The molecule has 2 aliphatic carbocycles. The Morgan fingerprint density at radius 2 is 0.706 bits per heavy atom. The predicted octanol–water partition coefficient (Wildman–Crippen LogP) is 6.19. The van der Waals surface area contributed by atoms with E-state index in [0.717, 1.165) is 193 Å². The van der Waals surface area contributed by atoms with Gasteiger partial charge in [-0.25, -0.2) is 14.4 Å². The molecule has 2 aliphatic rings. The first-order valence-electron chi connectivity index (χ1n) is 26.8. The van der Waals surface area contributed by atoms with Crippen LogP contribution in [-0.4, -0.2) is 131 Å². The van der Waals surface area contributed by atoms with Crippen LogP contribution in [0.25, 0.3) is 0 Å². The Morgan fingerprint density at radius 1 is 0.412 bits per heavy atom. The van der Waals surface area contributed by atoms with E-state index in [1.807, 2.05) is 0 Å². The number of unbranched alkanes of at least 4 members (excludes halogenated alkanes) is 20. The van der Waals surface area contributed by atoms with E-state index in [-0.39, 0.29) is 30.0 Å². The fourth-order valence-corrected chi connectivity index (χ4v) is 7.76. The van der Waals surface area contributed by atoms with Crippen molar-refractivity contribution in [2.24, 2.45) is 54.7 Å². The molecule has 0 saturated heterocycles. The van der Waals surface area contributed by atoms with Crippen LogP contribution in [0.2, 0.25) is 0 Å². The first kappa shape index (κ1) is 59.4. The number of hydrogen-bond donors (Lipinski definition) is 10. The summed E-state index contributed by atoms with van der Waals surface area (Å²) in [5, 5.41) is 16.5. The summed E-state index contributed by atoms with van der Waals surface area (Å²) < 4.78 is 0. The van der Waals surface area contributed by atoms with E-state index in [0.29, 0.717) is 25.0 Å². The molecule has 6 amide bonds. The average molecular weight is 959 g/mol. The summed E-state index contributed by atoms with van der Waals surface area (Å²) >= 11 is 0. The highest BCUT2D eigenvalue weighted by Crippen LogP contribution is 2.29. The van der Waals surface area contributed by atoms with E-state index >= 15 is 0 Å². The highest BCUT2D eigenvalue weighted by molar-refractivity contribution is 5.95. The van der Waals surface area contributed by atoms with Gasteiger partial charge in [0.2, 0.25) is 0 Å². The number of rotatable bonds is 40. The summed E-state index contributed by atoms with van der Waals surface area (Å²) in [7, 11) is 3.08. The smallest absolute Gasteiger partial charge is 0.321 e. The zero-order chi connectivity index (χ0) is 49.3. The normalized spacial score (nSPS) is 14.4. The number of aliphatic imine (C=N–C) groups is 4. The van der Waals surface area contributed by atoms with Gasteiger partial charge in [0.05, 0.1) is 0 Å². The molecule has 0 aromatic rings. The van der Waals surface area contributed by atoms with Crippen LogP contribution in [0.1, 0.15) is 180 Å².